The molecule has 4 rings (SSSR count). The van der Waals surface area contributed by atoms with Crippen molar-refractivity contribution in [2.45, 2.75) is 53.0 Å². The van der Waals surface area contributed by atoms with Gasteiger partial charge in [-0.3, -0.25) is 0 Å². The maximum atomic E-state index is 6.44. The molecule has 26 heavy (non-hydrogen) atoms. The summed E-state index contributed by atoms with van der Waals surface area (Å²) in [6.45, 7) is 10.2. The van der Waals surface area contributed by atoms with E-state index in [4.69, 9.17) is 10.5 Å². The van der Waals surface area contributed by atoms with Crippen LogP contribution in [0.3, 0.4) is 0 Å². The van der Waals surface area contributed by atoms with Crippen LogP contribution in [0.5, 0.6) is 11.6 Å². The monoisotopic (exact) mass is 352 g/mol. The largest absolute Gasteiger partial charge is 0.437 e. The van der Waals surface area contributed by atoms with Gasteiger partial charge in [-0.25, -0.2) is 4.98 Å². The molecule has 1 aliphatic heterocycles. The molecular weight excluding hydrogens is 324 g/mol. The van der Waals surface area contributed by atoms with Crippen molar-refractivity contribution in [1.82, 2.24) is 9.97 Å². The van der Waals surface area contributed by atoms with Crippen molar-refractivity contribution < 1.29 is 4.74 Å². The molecule has 2 bridgehead atoms. The number of benzene rings is 1. The number of anilines is 2. The van der Waals surface area contributed by atoms with E-state index in [0.29, 0.717) is 28.4 Å². The first-order chi connectivity index (χ1) is 12.2. The summed E-state index contributed by atoms with van der Waals surface area (Å²) in [4.78, 5) is 11.2. The normalized spacial score (nSPS) is 26.8. The van der Waals surface area contributed by atoms with Crippen LogP contribution in [0.15, 0.2) is 30.6 Å². The Morgan fingerprint density at radius 1 is 1.12 bits per heavy atom. The molecule has 2 heterocycles. The molecule has 0 amide bonds. The van der Waals surface area contributed by atoms with E-state index >= 15 is 0 Å². The van der Waals surface area contributed by atoms with Gasteiger partial charge in [0.2, 0.25) is 5.88 Å². The quantitative estimate of drug-likeness (QED) is 0.877. The lowest BCUT2D eigenvalue weighted by atomic mass is 9.65. The van der Waals surface area contributed by atoms with Crippen molar-refractivity contribution in [3.8, 4) is 11.6 Å². The topological polar surface area (TPSA) is 64.3 Å². The minimum atomic E-state index is 0.321. The number of nitrogen functional groups attached to an aromatic ring is 1. The lowest BCUT2D eigenvalue weighted by Gasteiger charge is -2.39. The van der Waals surface area contributed by atoms with E-state index in [2.05, 4.69) is 42.6 Å². The van der Waals surface area contributed by atoms with Crippen molar-refractivity contribution in [3.63, 3.8) is 0 Å². The van der Waals surface area contributed by atoms with E-state index in [-0.39, 0.29) is 0 Å². The second-order valence-corrected chi connectivity index (χ2v) is 9.17. The van der Waals surface area contributed by atoms with Crippen molar-refractivity contribution in [2.75, 3.05) is 17.2 Å². The molecule has 1 saturated carbocycles. The Balaban J connectivity index is 1.63. The van der Waals surface area contributed by atoms with Gasteiger partial charge in [0.25, 0.3) is 0 Å². The number of rotatable bonds is 3. The maximum absolute atomic E-state index is 6.44. The standard InChI is InChI=1S/C21H28N4O/c1-14-5-7-16(8-6-14)26-19-17(22)18(23-13-24-19)25-12-21(4)10-15(25)9-20(2,3)11-21/h5-8,13,15H,9-12,22H2,1-4H3. The average molecular weight is 352 g/mol. The molecule has 0 spiro atoms. The van der Waals surface area contributed by atoms with Gasteiger partial charge in [-0.15, -0.1) is 0 Å². The van der Waals surface area contributed by atoms with Gasteiger partial charge >= 0.3 is 0 Å². The molecule has 1 saturated heterocycles. The van der Waals surface area contributed by atoms with Crippen molar-refractivity contribution in [3.05, 3.63) is 36.2 Å². The fraction of sp³-hybridized carbons (Fsp3) is 0.524. The predicted molar refractivity (Wildman–Crippen MR) is 105 cm³/mol. The fourth-order valence-electron chi connectivity index (χ4n) is 5.11. The summed E-state index contributed by atoms with van der Waals surface area (Å²) >= 11 is 0. The van der Waals surface area contributed by atoms with E-state index in [0.717, 1.165) is 18.1 Å². The SMILES string of the molecule is Cc1ccc(Oc2ncnc(N3CC4(C)CC3CC(C)(C)C4)c2N)cc1. The number of nitrogens with zero attached hydrogens (tertiary/aromatic N) is 3. The fourth-order valence-corrected chi connectivity index (χ4v) is 5.11. The van der Waals surface area contributed by atoms with Gasteiger partial charge in [0.1, 0.15) is 17.8 Å². The zero-order chi connectivity index (χ0) is 18.5. The van der Waals surface area contributed by atoms with Gasteiger partial charge in [-0.2, -0.15) is 4.98 Å². The second kappa shape index (κ2) is 5.86. The Hall–Kier alpha value is -2.30. The Morgan fingerprint density at radius 2 is 1.85 bits per heavy atom. The zero-order valence-corrected chi connectivity index (χ0v) is 16.1. The van der Waals surface area contributed by atoms with Crippen LogP contribution in [0.4, 0.5) is 11.5 Å². The molecule has 1 aliphatic carbocycles. The maximum Gasteiger partial charge on any atom is 0.248 e. The van der Waals surface area contributed by atoms with Crippen LogP contribution in [0.1, 0.15) is 45.6 Å². The molecule has 1 aromatic carbocycles. The Labute approximate surface area is 155 Å². The van der Waals surface area contributed by atoms with Crippen LogP contribution < -0.4 is 15.4 Å². The molecule has 2 atom stereocenters. The number of hydrogen-bond donors (Lipinski definition) is 1. The van der Waals surface area contributed by atoms with Gasteiger partial charge in [0.15, 0.2) is 5.82 Å². The van der Waals surface area contributed by atoms with Gasteiger partial charge in [-0.1, -0.05) is 38.5 Å². The van der Waals surface area contributed by atoms with Crippen LogP contribution in [0.25, 0.3) is 0 Å². The summed E-state index contributed by atoms with van der Waals surface area (Å²) in [5.41, 5.74) is 8.84. The van der Waals surface area contributed by atoms with Crippen LogP contribution in [0.2, 0.25) is 0 Å². The molecule has 1 aromatic heterocycles. The number of aromatic nitrogens is 2. The highest BCUT2D eigenvalue weighted by Gasteiger charge is 2.50. The number of ether oxygens (including phenoxy) is 1. The minimum Gasteiger partial charge on any atom is -0.437 e. The Morgan fingerprint density at radius 3 is 2.58 bits per heavy atom. The molecule has 2 aliphatic rings. The molecule has 5 heteroatoms. The average Bonchev–Trinajstić information content (AvgIpc) is 2.80. The number of aryl methyl sites for hydroxylation is 1. The summed E-state index contributed by atoms with van der Waals surface area (Å²) in [5.74, 6) is 1.98. The summed E-state index contributed by atoms with van der Waals surface area (Å²) in [6, 6.07) is 8.37. The van der Waals surface area contributed by atoms with Crippen LogP contribution >= 0.6 is 0 Å². The highest BCUT2D eigenvalue weighted by molar-refractivity contribution is 5.69. The van der Waals surface area contributed by atoms with Crippen LogP contribution in [-0.4, -0.2) is 22.6 Å². The van der Waals surface area contributed by atoms with Gasteiger partial charge < -0.3 is 15.4 Å². The van der Waals surface area contributed by atoms with Crippen LogP contribution in [-0.2, 0) is 0 Å². The molecule has 2 fully saturated rings. The van der Waals surface area contributed by atoms with Crippen molar-refractivity contribution in [1.29, 1.82) is 0 Å². The number of hydrogen-bond acceptors (Lipinski definition) is 5. The van der Waals surface area contributed by atoms with E-state index < -0.39 is 0 Å². The molecule has 2 N–H and O–H groups in total. The number of nitrogens with two attached hydrogens (primary N) is 1. The zero-order valence-electron chi connectivity index (χ0n) is 16.1. The van der Waals surface area contributed by atoms with E-state index in [1.165, 1.54) is 24.8 Å². The second-order valence-electron chi connectivity index (χ2n) is 9.17. The first-order valence-electron chi connectivity index (χ1n) is 9.36. The molecule has 5 nitrogen and oxygen atoms in total. The van der Waals surface area contributed by atoms with E-state index in [1.807, 2.05) is 24.3 Å². The molecule has 0 radical (unpaired) electrons. The molecule has 138 valence electrons. The van der Waals surface area contributed by atoms with E-state index in [9.17, 15) is 0 Å². The number of fused-ring (bicyclic) bond motifs is 2. The van der Waals surface area contributed by atoms with Gasteiger partial charge in [0, 0.05) is 12.6 Å². The summed E-state index contributed by atoms with van der Waals surface area (Å²) in [5, 5.41) is 0. The van der Waals surface area contributed by atoms with E-state index in [1.54, 1.807) is 6.33 Å². The van der Waals surface area contributed by atoms with Crippen LogP contribution in [0, 0.1) is 17.8 Å². The summed E-state index contributed by atoms with van der Waals surface area (Å²) in [7, 11) is 0. The Bertz CT molecular complexity index is 817. The van der Waals surface area contributed by atoms with Crippen molar-refractivity contribution >= 4 is 11.5 Å². The smallest absolute Gasteiger partial charge is 0.248 e. The highest BCUT2D eigenvalue weighted by Crippen LogP contribution is 2.54. The highest BCUT2D eigenvalue weighted by atomic mass is 16.5. The molecular formula is C21H28N4O. The predicted octanol–water partition coefficient (Wildman–Crippen LogP) is 4.56. The third kappa shape index (κ3) is 3.11. The third-order valence-corrected chi connectivity index (χ3v) is 5.75. The summed E-state index contributed by atoms with van der Waals surface area (Å²) in [6.07, 6.45) is 5.17. The molecule has 2 unspecified atom stereocenters. The first kappa shape index (κ1) is 17.1. The summed E-state index contributed by atoms with van der Waals surface area (Å²) < 4.78 is 5.94. The third-order valence-electron chi connectivity index (χ3n) is 5.75. The van der Waals surface area contributed by atoms with Gasteiger partial charge in [0.05, 0.1) is 0 Å². The lowest BCUT2D eigenvalue weighted by molar-refractivity contribution is 0.136. The van der Waals surface area contributed by atoms with Gasteiger partial charge in [-0.05, 0) is 49.1 Å². The molecule has 2 aromatic rings. The minimum absolute atomic E-state index is 0.321. The lowest BCUT2D eigenvalue weighted by Crippen LogP contribution is -2.35. The van der Waals surface area contributed by atoms with Crippen molar-refractivity contribution in [2.24, 2.45) is 10.8 Å². The Kier molecular flexibility index (Phi) is 3.86. The first-order valence-corrected chi connectivity index (χ1v) is 9.36.